The van der Waals surface area contributed by atoms with Crippen molar-refractivity contribution in [1.82, 2.24) is 14.5 Å². The Bertz CT molecular complexity index is 2100. The molecular weight excluding hydrogens is 458 g/mol. The number of pyridine rings is 2. The molecular formula is C32H19N3S. The van der Waals surface area contributed by atoms with Gasteiger partial charge in [-0.15, -0.1) is 11.3 Å². The molecule has 4 aromatic heterocycles. The fourth-order valence-corrected chi connectivity index (χ4v) is 6.60. The highest BCUT2D eigenvalue weighted by Crippen LogP contribution is 2.43. The van der Waals surface area contributed by atoms with Crippen molar-refractivity contribution in [2.45, 2.75) is 0 Å². The molecule has 4 heteroatoms. The molecule has 0 bridgehead atoms. The number of aromatic nitrogens is 3. The third-order valence-electron chi connectivity index (χ3n) is 7.03. The number of hydrogen-bond donors (Lipinski definition) is 0. The minimum Gasteiger partial charge on any atom is -0.292 e. The van der Waals surface area contributed by atoms with E-state index in [0.29, 0.717) is 0 Å². The zero-order valence-electron chi connectivity index (χ0n) is 19.2. The van der Waals surface area contributed by atoms with Crippen LogP contribution in [0.1, 0.15) is 0 Å². The first-order valence-electron chi connectivity index (χ1n) is 12.0. The van der Waals surface area contributed by atoms with E-state index in [9.17, 15) is 0 Å². The van der Waals surface area contributed by atoms with Crippen LogP contribution >= 0.6 is 11.3 Å². The van der Waals surface area contributed by atoms with Crippen molar-refractivity contribution in [2.24, 2.45) is 0 Å². The second-order valence-electron chi connectivity index (χ2n) is 9.09. The van der Waals surface area contributed by atoms with Crippen molar-refractivity contribution in [2.75, 3.05) is 0 Å². The normalized spacial score (nSPS) is 11.9. The lowest BCUT2D eigenvalue weighted by atomic mass is 10.1. The van der Waals surface area contributed by atoms with Gasteiger partial charge in [0.25, 0.3) is 0 Å². The summed E-state index contributed by atoms with van der Waals surface area (Å²) >= 11 is 1.85. The standard InChI is InChI=1S/C32H19N3S/c1-2-8-20(9-3-1)25-15-17-27-31(34-25)30-26(16-14-24-23-12-6-7-13-28(23)36-32(24)30)35(27)29-18-21-10-4-5-11-22(21)19-33-29/h1-19H. The van der Waals surface area contributed by atoms with Crippen LogP contribution in [0.15, 0.2) is 115 Å². The third-order valence-corrected chi connectivity index (χ3v) is 8.24. The number of nitrogens with zero attached hydrogens (tertiary/aromatic N) is 3. The topological polar surface area (TPSA) is 30.7 Å². The highest BCUT2D eigenvalue weighted by molar-refractivity contribution is 7.26. The molecule has 0 radical (unpaired) electrons. The average Bonchev–Trinajstić information content (AvgIpc) is 3.48. The van der Waals surface area contributed by atoms with Gasteiger partial charge in [0.15, 0.2) is 0 Å². The molecule has 0 aliphatic rings. The Labute approximate surface area is 210 Å². The van der Waals surface area contributed by atoms with E-state index >= 15 is 0 Å². The highest BCUT2D eigenvalue weighted by Gasteiger charge is 2.19. The van der Waals surface area contributed by atoms with E-state index in [0.717, 1.165) is 39.0 Å². The van der Waals surface area contributed by atoms with Gasteiger partial charge in [-0.05, 0) is 35.7 Å². The van der Waals surface area contributed by atoms with Crippen LogP contribution in [0, 0.1) is 0 Å². The lowest BCUT2D eigenvalue weighted by molar-refractivity contribution is 1.09. The molecule has 168 valence electrons. The van der Waals surface area contributed by atoms with E-state index in [-0.39, 0.29) is 0 Å². The minimum absolute atomic E-state index is 0.906. The summed E-state index contributed by atoms with van der Waals surface area (Å²) in [7, 11) is 0. The Hall–Kier alpha value is -4.54. The van der Waals surface area contributed by atoms with Crippen molar-refractivity contribution in [3.05, 3.63) is 115 Å². The predicted octanol–water partition coefficient (Wildman–Crippen LogP) is 8.76. The molecule has 36 heavy (non-hydrogen) atoms. The molecule has 0 aliphatic carbocycles. The van der Waals surface area contributed by atoms with E-state index in [4.69, 9.17) is 9.97 Å². The number of benzene rings is 4. The summed E-state index contributed by atoms with van der Waals surface area (Å²) in [5, 5.41) is 6.08. The Balaban J connectivity index is 1.53. The smallest absolute Gasteiger partial charge is 0.138 e. The Kier molecular flexibility index (Phi) is 4.10. The SMILES string of the molecule is c1ccc(-c2ccc3c(n2)c2c4sc5ccccc5c4ccc2n3-c2cc3ccccc3cn2)cc1. The zero-order valence-corrected chi connectivity index (χ0v) is 20.0. The number of fused-ring (bicyclic) bond motifs is 8. The van der Waals surface area contributed by atoms with Crippen LogP contribution in [0.3, 0.4) is 0 Å². The van der Waals surface area contributed by atoms with Gasteiger partial charge in [0, 0.05) is 42.7 Å². The molecule has 8 rings (SSSR count). The van der Waals surface area contributed by atoms with Gasteiger partial charge in [-0.3, -0.25) is 4.57 Å². The maximum Gasteiger partial charge on any atom is 0.138 e. The largest absolute Gasteiger partial charge is 0.292 e. The maximum atomic E-state index is 5.26. The molecule has 0 unspecified atom stereocenters. The molecule has 8 aromatic rings. The lowest BCUT2D eigenvalue weighted by Crippen LogP contribution is -1.97. The summed E-state index contributed by atoms with van der Waals surface area (Å²) in [6, 6.07) is 38.4. The summed E-state index contributed by atoms with van der Waals surface area (Å²) in [6.07, 6.45) is 1.96. The van der Waals surface area contributed by atoms with Crippen LogP contribution < -0.4 is 0 Å². The Morgan fingerprint density at radius 3 is 2.33 bits per heavy atom. The molecule has 0 amide bonds. The van der Waals surface area contributed by atoms with Crippen molar-refractivity contribution >= 4 is 64.2 Å². The van der Waals surface area contributed by atoms with E-state index in [1.807, 2.05) is 23.6 Å². The second-order valence-corrected chi connectivity index (χ2v) is 10.1. The molecule has 0 fully saturated rings. The van der Waals surface area contributed by atoms with Crippen molar-refractivity contribution in [3.8, 4) is 17.1 Å². The Morgan fingerprint density at radius 2 is 1.42 bits per heavy atom. The van der Waals surface area contributed by atoms with Crippen LogP contribution in [-0.4, -0.2) is 14.5 Å². The van der Waals surface area contributed by atoms with Crippen LogP contribution in [0.5, 0.6) is 0 Å². The molecule has 0 N–H and O–H groups in total. The molecule has 0 aliphatic heterocycles. The fourth-order valence-electron chi connectivity index (χ4n) is 5.35. The van der Waals surface area contributed by atoms with Crippen LogP contribution in [-0.2, 0) is 0 Å². The summed E-state index contributed by atoms with van der Waals surface area (Å²) in [6.45, 7) is 0. The molecule has 4 aromatic carbocycles. The summed E-state index contributed by atoms with van der Waals surface area (Å²) < 4.78 is 4.84. The highest BCUT2D eigenvalue weighted by atomic mass is 32.1. The van der Waals surface area contributed by atoms with Gasteiger partial charge < -0.3 is 0 Å². The first-order chi connectivity index (χ1) is 17.8. The summed E-state index contributed by atoms with van der Waals surface area (Å²) in [4.78, 5) is 10.2. The average molecular weight is 478 g/mol. The zero-order chi connectivity index (χ0) is 23.6. The minimum atomic E-state index is 0.906. The van der Waals surface area contributed by atoms with E-state index in [1.54, 1.807) is 0 Å². The van der Waals surface area contributed by atoms with Gasteiger partial charge in [-0.25, -0.2) is 9.97 Å². The molecule has 0 saturated heterocycles. The fraction of sp³-hybridized carbons (Fsp3) is 0. The van der Waals surface area contributed by atoms with Gasteiger partial charge in [0.2, 0.25) is 0 Å². The van der Waals surface area contributed by atoms with Crippen molar-refractivity contribution in [3.63, 3.8) is 0 Å². The lowest BCUT2D eigenvalue weighted by Gasteiger charge is -2.08. The second kappa shape index (κ2) is 7.48. The molecule has 0 saturated carbocycles. The van der Waals surface area contributed by atoms with E-state index < -0.39 is 0 Å². The number of rotatable bonds is 2. The van der Waals surface area contributed by atoms with Crippen LogP contribution in [0.25, 0.3) is 70.0 Å². The first kappa shape index (κ1) is 19.7. The number of thiophene rings is 1. The van der Waals surface area contributed by atoms with Crippen molar-refractivity contribution < 1.29 is 0 Å². The van der Waals surface area contributed by atoms with Crippen LogP contribution in [0.2, 0.25) is 0 Å². The third kappa shape index (κ3) is 2.79. The van der Waals surface area contributed by atoms with Gasteiger partial charge >= 0.3 is 0 Å². The van der Waals surface area contributed by atoms with E-state index in [1.165, 1.54) is 30.9 Å². The monoisotopic (exact) mass is 477 g/mol. The first-order valence-corrected chi connectivity index (χ1v) is 12.8. The van der Waals surface area contributed by atoms with Gasteiger partial charge in [0.1, 0.15) is 5.82 Å². The van der Waals surface area contributed by atoms with Crippen LogP contribution in [0.4, 0.5) is 0 Å². The van der Waals surface area contributed by atoms with Crippen molar-refractivity contribution in [1.29, 1.82) is 0 Å². The number of hydrogen-bond acceptors (Lipinski definition) is 3. The van der Waals surface area contributed by atoms with E-state index in [2.05, 4.69) is 108 Å². The molecule has 4 heterocycles. The predicted molar refractivity (Wildman–Crippen MR) is 152 cm³/mol. The van der Waals surface area contributed by atoms with Gasteiger partial charge in [-0.2, -0.15) is 0 Å². The molecule has 0 atom stereocenters. The molecule has 0 spiro atoms. The summed E-state index contributed by atoms with van der Waals surface area (Å²) in [5.41, 5.74) is 5.31. The Morgan fingerprint density at radius 1 is 0.639 bits per heavy atom. The van der Waals surface area contributed by atoms with Gasteiger partial charge in [0.05, 0.1) is 22.2 Å². The molecule has 3 nitrogen and oxygen atoms in total. The maximum absolute atomic E-state index is 5.26. The quantitative estimate of drug-likeness (QED) is 0.249. The summed E-state index contributed by atoms with van der Waals surface area (Å²) in [5.74, 6) is 0.906. The van der Waals surface area contributed by atoms with Gasteiger partial charge in [-0.1, -0.05) is 78.9 Å².